The lowest BCUT2D eigenvalue weighted by Crippen LogP contribution is -1.99. The highest BCUT2D eigenvalue weighted by atomic mass is 14.1. The Bertz CT molecular complexity index is 345. The van der Waals surface area contributed by atoms with Crippen molar-refractivity contribution in [2.24, 2.45) is 5.92 Å². The topological polar surface area (TPSA) is 0 Å². The summed E-state index contributed by atoms with van der Waals surface area (Å²) in [6.07, 6.45) is 32.1. The van der Waals surface area contributed by atoms with Crippen LogP contribution in [-0.2, 0) is 0 Å². The lowest BCUT2D eigenvalue weighted by molar-refractivity contribution is 0.426. The van der Waals surface area contributed by atoms with Crippen molar-refractivity contribution in [1.82, 2.24) is 0 Å². The Balaban J connectivity index is 3.51. The molecule has 0 N–H and O–H groups in total. The zero-order valence-corrected chi connectivity index (χ0v) is 20.8. The molecule has 0 heteroatoms. The Morgan fingerprint density at radius 1 is 0.414 bits per heavy atom. The second-order valence-electron chi connectivity index (χ2n) is 9.41. The molecule has 1 atom stereocenters. The summed E-state index contributed by atoms with van der Waals surface area (Å²) in [4.78, 5) is 0. The number of hydrogen-bond donors (Lipinski definition) is 0. The normalized spacial score (nSPS) is 12.0. The van der Waals surface area contributed by atoms with Gasteiger partial charge in [0.05, 0.1) is 0 Å². The van der Waals surface area contributed by atoms with Crippen LogP contribution in [-0.4, -0.2) is 0 Å². The molecule has 0 aliphatic heterocycles. The van der Waals surface area contributed by atoms with Crippen LogP contribution in [0.2, 0.25) is 0 Å². The fraction of sp³-hybridized carbons (Fsp3) is 0.931. The Morgan fingerprint density at radius 2 is 0.862 bits per heavy atom. The van der Waals surface area contributed by atoms with Crippen molar-refractivity contribution in [1.29, 1.82) is 0 Å². The molecule has 172 valence electrons. The predicted molar refractivity (Wildman–Crippen MR) is 134 cm³/mol. The minimum absolute atomic E-state index is 0.861. The van der Waals surface area contributed by atoms with E-state index in [-0.39, 0.29) is 0 Å². The zero-order valence-electron chi connectivity index (χ0n) is 20.8. The van der Waals surface area contributed by atoms with E-state index in [1.165, 1.54) is 135 Å². The standard InChI is InChI=1S/C29H56/c1-4-7-9-11-13-15-16-17-19-21-23-25-28-29(26-6-3)27-24-22-20-18-14-12-10-8-5-2/h29H,4-21,23,25-28H2,1-3H3. The van der Waals surface area contributed by atoms with Crippen LogP contribution >= 0.6 is 0 Å². The highest BCUT2D eigenvalue weighted by Gasteiger charge is 2.05. The summed E-state index contributed by atoms with van der Waals surface area (Å²) in [6.45, 7) is 6.92. The molecule has 1 unspecified atom stereocenters. The Kier molecular flexibility index (Phi) is 25.2. The van der Waals surface area contributed by atoms with Gasteiger partial charge in [0, 0.05) is 12.8 Å². The van der Waals surface area contributed by atoms with Gasteiger partial charge in [0.1, 0.15) is 0 Å². The van der Waals surface area contributed by atoms with Gasteiger partial charge >= 0.3 is 0 Å². The van der Waals surface area contributed by atoms with Crippen molar-refractivity contribution in [2.45, 2.75) is 168 Å². The largest absolute Gasteiger partial charge is 0.103 e. The van der Waals surface area contributed by atoms with E-state index in [0.717, 1.165) is 18.8 Å². The molecule has 0 aromatic carbocycles. The lowest BCUT2D eigenvalue weighted by atomic mass is 9.93. The van der Waals surface area contributed by atoms with E-state index in [0.29, 0.717) is 0 Å². The van der Waals surface area contributed by atoms with E-state index < -0.39 is 0 Å². The van der Waals surface area contributed by atoms with Crippen LogP contribution in [0.5, 0.6) is 0 Å². The second kappa shape index (κ2) is 25.6. The molecule has 0 rings (SSSR count). The molecular formula is C29H56. The SMILES string of the molecule is CCCCCCCCC#CCC(CCC)CCCCCCCCCCCCCC. The molecule has 29 heavy (non-hydrogen) atoms. The number of rotatable bonds is 22. The first kappa shape index (κ1) is 28.6. The summed E-state index contributed by atoms with van der Waals surface area (Å²) < 4.78 is 0. The lowest BCUT2D eigenvalue weighted by Gasteiger charge is -2.12. The minimum Gasteiger partial charge on any atom is -0.103 e. The van der Waals surface area contributed by atoms with Crippen LogP contribution in [0.15, 0.2) is 0 Å². The molecule has 0 fully saturated rings. The van der Waals surface area contributed by atoms with Gasteiger partial charge in [0.2, 0.25) is 0 Å². The summed E-state index contributed by atoms with van der Waals surface area (Å²) in [7, 11) is 0. The maximum atomic E-state index is 3.52. The van der Waals surface area contributed by atoms with Crippen molar-refractivity contribution < 1.29 is 0 Å². The van der Waals surface area contributed by atoms with E-state index in [1.807, 2.05) is 0 Å². The molecule has 0 heterocycles. The van der Waals surface area contributed by atoms with Gasteiger partial charge in [-0.15, -0.1) is 11.8 Å². The van der Waals surface area contributed by atoms with Crippen molar-refractivity contribution in [3.63, 3.8) is 0 Å². The summed E-state index contributed by atoms with van der Waals surface area (Å²) in [5.41, 5.74) is 0. The van der Waals surface area contributed by atoms with Gasteiger partial charge in [-0.05, 0) is 25.2 Å². The highest BCUT2D eigenvalue weighted by Crippen LogP contribution is 2.20. The van der Waals surface area contributed by atoms with Crippen molar-refractivity contribution >= 4 is 0 Å². The molecule has 0 aromatic rings. The first-order chi connectivity index (χ1) is 14.3. The molecule has 0 aromatic heterocycles. The average Bonchev–Trinajstić information content (AvgIpc) is 2.73. The van der Waals surface area contributed by atoms with Crippen molar-refractivity contribution in [2.75, 3.05) is 0 Å². The van der Waals surface area contributed by atoms with E-state index >= 15 is 0 Å². The van der Waals surface area contributed by atoms with E-state index in [1.54, 1.807) is 0 Å². The third-order valence-corrected chi connectivity index (χ3v) is 6.33. The van der Waals surface area contributed by atoms with Gasteiger partial charge in [-0.2, -0.15) is 0 Å². The Hall–Kier alpha value is -0.440. The van der Waals surface area contributed by atoms with Crippen LogP contribution in [0.1, 0.15) is 168 Å². The molecule has 0 nitrogen and oxygen atoms in total. The molecule has 0 saturated heterocycles. The summed E-state index contributed by atoms with van der Waals surface area (Å²) in [6, 6.07) is 0. The van der Waals surface area contributed by atoms with Gasteiger partial charge in [-0.3, -0.25) is 0 Å². The number of hydrogen-bond acceptors (Lipinski definition) is 0. The van der Waals surface area contributed by atoms with Crippen LogP contribution in [0, 0.1) is 17.8 Å². The molecule has 0 amide bonds. The quantitative estimate of drug-likeness (QED) is 0.124. The van der Waals surface area contributed by atoms with Crippen molar-refractivity contribution in [3.8, 4) is 11.8 Å². The second-order valence-corrected chi connectivity index (χ2v) is 9.41. The maximum Gasteiger partial charge on any atom is 0.0117 e. The molecule has 0 aliphatic carbocycles. The Labute approximate surface area is 186 Å². The number of unbranched alkanes of at least 4 members (excludes halogenated alkanes) is 17. The monoisotopic (exact) mass is 404 g/mol. The highest BCUT2D eigenvalue weighted by molar-refractivity contribution is 4.99. The predicted octanol–water partition coefficient (Wildman–Crippen LogP) is 10.6. The Morgan fingerprint density at radius 3 is 1.34 bits per heavy atom. The first-order valence-electron chi connectivity index (χ1n) is 13.8. The zero-order chi connectivity index (χ0) is 21.3. The first-order valence-corrected chi connectivity index (χ1v) is 13.8. The van der Waals surface area contributed by atoms with Gasteiger partial charge in [-0.1, -0.05) is 136 Å². The van der Waals surface area contributed by atoms with Gasteiger partial charge in [-0.25, -0.2) is 0 Å². The van der Waals surface area contributed by atoms with E-state index in [9.17, 15) is 0 Å². The van der Waals surface area contributed by atoms with Crippen LogP contribution < -0.4 is 0 Å². The molecule has 0 aliphatic rings. The minimum atomic E-state index is 0.861. The molecule has 0 spiro atoms. The third-order valence-electron chi connectivity index (χ3n) is 6.33. The third kappa shape index (κ3) is 23.7. The van der Waals surface area contributed by atoms with Crippen LogP contribution in [0.3, 0.4) is 0 Å². The van der Waals surface area contributed by atoms with E-state index in [2.05, 4.69) is 32.6 Å². The fourth-order valence-corrected chi connectivity index (χ4v) is 4.33. The van der Waals surface area contributed by atoms with E-state index in [4.69, 9.17) is 0 Å². The summed E-state index contributed by atoms with van der Waals surface area (Å²) >= 11 is 0. The van der Waals surface area contributed by atoms with Crippen molar-refractivity contribution in [3.05, 3.63) is 0 Å². The average molecular weight is 405 g/mol. The molecule has 0 saturated carbocycles. The van der Waals surface area contributed by atoms with Crippen LogP contribution in [0.25, 0.3) is 0 Å². The van der Waals surface area contributed by atoms with Gasteiger partial charge < -0.3 is 0 Å². The summed E-state index contributed by atoms with van der Waals surface area (Å²) in [5, 5.41) is 0. The molecule has 0 bridgehead atoms. The molecule has 0 radical (unpaired) electrons. The molecular weight excluding hydrogens is 348 g/mol. The summed E-state index contributed by atoms with van der Waals surface area (Å²) in [5.74, 6) is 7.84. The maximum absolute atomic E-state index is 3.52. The van der Waals surface area contributed by atoms with Gasteiger partial charge in [0.15, 0.2) is 0 Å². The fourth-order valence-electron chi connectivity index (χ4n) is 4.33. The van der Waals surface area contributed by atoms with Gasteiger partial charge in [0.25, 0.3) is 0 Å². The van der Waals surface area contributed by atoms with Crippen LogP contribution in [0.4, 0.5) is 0 Å². The smallest absolute Gasteiger partial charge is 0.0117 e.